The number of benzene rings is 3. The average Bonchev–Trinajstić information content (AvgIpc) is 2.82. The molecule has 3 aromatic carbocycles. The number of nitrogens with zero attached hydrogens (tertiary/aromatic N) is 1. The second-order valence-electron chi connectivity index (χ2n) is 6.86. The van der Waals surface area contributed by atoms with Crippen molar-refractivity contribution in [3.63, 3.8) is 0 Å². The third-order valence-electron chi connectivity index (χ3n) is 4.77. The summed E-state index contributed by atoms with van der Waals surface area (Å²) in [5.41, 5.74) is 0.919. The largest absolute Gasteiger partial charge is 0.495 e. The van der Waals surface area contributed by atoms with Gasteiger partial charge in [0.2, 0.25) is 0 Å². The van der Waals surface area contributed by atoms with Gasteiger partial charge in [0.15, 0.2) is 0 Å². The standard InChI is InChI=1S/C25H23ClN2O4/c1-4-11-32-22-10-9-16-7-5-6-8-18(16)19(22)12-17(15-27)25(29)28-21-14-23(30-2)20(26)13-24(21)31-3/h5-10,12-14H,4,11H2,1-3H3,(H,28,29)/b17-12+. The predicted octanol–water partition coefficient (Wildman–Crippen LogP) is 5.84. The number of nitrogens with one attached hydrogen (secondary N) is 1. The van der Waals surface area contributed by atoms with Crippen LogP contribution < -0.4 is 19.5 Å². The quantitative estimate of drug-likeness (QED) is 0.344. The van der Waals surface area contributed by atoms with E-state index < -0.39 is 5.91 Å². The van der Waals surface area contributed by atoms with Gasteiger partial charge in [0.1, 0.15) is 28.9 Å². The second kappa shape index (κ2) is 10.6. The number of nitriles is 1. The first-order valence-electron chi connectivity index (χ1n) is 10.0. The molecule has 0 heterocycles. The third-order valence-corrected chi connectivity index (χ3v) is 5.06. The Labute approximate surface area is 192 Å². The molecule has 164 valence electrons. The van der Waals surface area contributed by atoms with Crippen LogP contribution >= 0.6 is 11.6 Å². The van der Waals surface area contributed by atoms with Crippen LogP contribution in [0.5, 0.6) is 17.2 Å². The molecule has 0 aromatic heterocycles. The van der Waals surface area contributed by atoms with Gasteiger partial charge in [0, 0.05) is 17.7 Å². The van der Waals surface area contributed by atoms with Gasteiger partial charge >= 0.3 is 0 Å². The molecule has 0 fully saturated rings. The van der Waals surface area contributed by atoms with E-state index >= 15 is 0 Å². The van der Waals surface area contributed by atoms with E-state index in [1.54, 1.807) is 12.1 Å². The second-order valence-corrected chi connectivity index (χ2v) is 7.27. The lowest BCUT2D eigenvalue weighted by molar-refractivity contribution is -0.112. The van der Waals surface area contributed by atoms with Crippen LogP contribution in [-0.2, 0) is 4.79 Å². The summed E-state index contributed by atoms with van der Waals surface area (Å²) in [5.74, 6) is 0.731. The van der Waals surface area contributed by atoms with Crippen molar-refractivity contribution in [2.24, 2.45) is 0 Å². The van der Waals surface area contributed by atoms with Gasteiger partial charge < -0.3 is 19.5 Å². The maximum Gasteiger partial charge on any atom is 0.266 e. The third kappa shape index (κ3) is 4.96. The molecule has 32 heavy (non-hydrogen) atoms. The fraction of sp³-hybridized carbons (Fsp3) is 0.200. The SMILES string of the molecule is CCCOc1ccc2ccccc2c1/C=C(\C#N)C(=O)Nc1cc(OC)c(Cl)cc1OC. The number of ether oxygens (including phenoxy) is 3. The number of rotatable bonds is 8. The Bertz CT molecular complexity index is 1210. The Morgan fingerprint density at radius 3 is 2.53 bits per heavy atom. The summed E-state index contributed by atoms with van der Waals surface area (Å²) in [6.07, 6.45) is 2.38. The molecule has 6 nitrogen and oxygen atoms in total. The lowest BCUT2D eigenvalue weighted by Gasteiger charge is -2.14. The van der Waals surface area contributed by atoms with Crippen LogP contribution in [0.4, 0.5) is 5.69 Å². The van der Waals surface area contributed by atoms with Gasteiger partial charge in [-0.3, -0.25) is 4.79 Å². The number of fused-ring (bicyclic) bond motifs is 1. The first-order chi connectivity index (χ1) is 15.5. The van der Waals surface area contributed by atoms with Gasteiger partial charge in [-0.1, -0.05) is 48.9 Å². The van der Waals surface area contributed by atoms with E-state index in [1.807, 2.05) is 49.4 Å². The van der Waals surface area contributed by atoms with Crippen LogP contribution in [0.3, 0.4) is 0 Å². The minimum Gasteiger partial charge on any atom is -0.495 e. The van der Waals surface area contributed by atoms with E-state index in [9.17, 15) is 10.1 Å². The minimum absolute atomic E-state index is 0.0846. The van der Waals surface area contributed by atoms with Crippen LogP contribution in [0, 0.1) is 11.3 Å². The number of methoxy groups -OCH3 is 2. The van der Waals surface area contributed by atoms with Crippen molar-refractivity contribution in [2.75, 3.05) is 26.1 Å². The van der Waals surface area contributed by atoms with Crippen molar-refractivity contribution in [3.8, 4) is 23.3 Å². The van der Waals surface area contributed by atoms with Crippen molar-refractivity contribution in [3.05, 3.63) is 64.7 Å². The van der Waals surface area contributed by atoms with E-state index in [0.29, 0.717) is 40.1 Å². The number of halogens is 1. The maximum atomic E-state index is 13.0. The van der Waals surface area contributed by atoms with Crippen LogP contribution in [0.2, 0.25) is 5.02 Å². The highest BCUT2D eigenvalue weighted by molar-refractivity contribution is 6.32. The van der Waals surface area contributed by atoms with Crippen molar-refractivity contribution in [2.45, 2.75) is 13.3 Å². The molecule has 3 rings (SSSR count). The summed E-state index contributed by atoms with van der Waals surface area (Å²) in [6, 6.07) is 16.6. The molecule has 0 atom stereocenters. The average molecular weight is 451 g/mol. The lowest BCUT2D eigenvalue weighted by Crippen LogP contribution is -2.14. The molecule has 0 saturated heterocycles. The van der Waals surface area contributed by atoms with Crippen molar-refractivity contribution < 1.29 is 19.0 Å². The maximum absolute atomic E-state index is 13.0. The molecule has 0 saturated carbocycles. The van der Waals surface area contributed by atoms with Crippen molar-refractivity contribution >= 4 is 40.0 Å². The van der Waals surface area contributed by atoms with E-state index in [0.717, 1.165) is 17.2 Å². The molecular weight excluding hydrogens is 428 g/mol. The number of anilines is 1. The number of carbonyl (C=O) groups is 1. The smallest absolute Gasteiger partial charge is 0.266 e. The molecule has 0 unspecified atom stereocenters. The zero-order valence-electron chi connectivity index (χ0n) is 18.1. The molecule has 0 aliphatic carbocycles. The summed E-state index contributed by atoms with van der Waals surface area (Å²) in [6.45, 7) is 2.54. The topological polar surface area (TPSA) is 80.6 Å². The molecule has 0 aliphatic rings. The van der Waals surface area contributed by atoms with E-state index in [-0.39, 0.29) is 5.57 Å². The van der Waals surface area contributed by atoms with E-state index in [4.69, 9.17) is 25.8 Å². The van der Waals surface area contributed by atoms with Crippen molar-refractivity contribution in [1.82, 2.24) is 0 Å². The lowest BCUT2D eigenvalue weighted by atomic mass is 10.0. The number of hydrogen-bond donors (Lipinski definition) is 1. The first-order valence-corrected chi connectivity index (χ1v) is 10.4. The summed E-state index contributed by atoms with van der Waals surface area (Å²) in [4.78, 5) is 13.0. The fourth-order valence-electron chi connectivity index (χ4n) is 3.20. The van der Waals surface area contributed by atoms with Crippen LogP contribution in [-0.4, -0.2) is 26.7 Å². The highest BCUT2D eigenvalue weighted by Gasteiger charge is 2.17. The molecule has 1 amide bonds. The zero-order valence-corrected chi connectivity index (χ0v) is 18.8. The van der Waals surface area contributed by atoms with Crippen LogP contribution in [0.1, 0.15) is 18.9 Å². The summed E-state index contributed by atoms with van der Waals surface area (Å²) >= 11 is 6.13. The highest BCUT2D eigenvalue weighted by atomic mass is 35.5. The van der Waals surface area contributed by atoms with Gasteiger partial charge in [0.25, 0.3) is 5.91 Å². The summed E-state index contributed by atoms with van der Waals surface area (Å²) < 4.78 is 16.4. The fourth-order valence-corrected chi connectivity index (χ4v) is 3.43. The van der Waals surface area contributed by atoms with E-state index in [1.165, 1.54) is 20.3 Å². The molecule has 7 heteroatoms. The Hall–Kier alpha value is -3.69. The molecule has 0 bridgehead atoms. The zero-order chi connectivity index (χ0) is 23.1. The van der Waals surface area contributed by atoms with Crippen LogP contribution in [0.25, 0.3) is 16.8 Å². The minimum atomic E-state index is -0.593. The van der Waals surface area contributed by atoms with E-state index in [2.05, 4.69) is 5.32 Å². The monoisotopic (exact) mass is 450 g/mol. The van der Waals surface area contributed by atoms with Gasteiger partial charge in [-0.2, -0.15) is 5.26 Å². The summed E-state index contributed by atoms with van der Waals surface area (Å²) in [5, 5.41) is 14.7. The van der Waals surface area contributed by atoms with Gasteiger partial charge in [0.05, 0.1) is 31.5 Å². The Morgan fingerprint density at radius 1 is 1.09 bits per heavy atom. The molecule has 0 aliphatic heterocycles. The normalized spacial score (nSPS) is 11.0. The van der Waals surface area contributed by atoms with Gasteiger partial charge in [-0.25, -0.2) is 0 Å². The molecule has 0 spiro atoms. The number of amides is 1. The number of carbonyl (C=O) groups excluding carboxylic acids is 1. The summed E-state index contributed by atoms with van der Waals surface area (Å²) in [7, 11) is 2.93. The Morgan fingerprint density at radius 2 is 1.84 bits per heavy atom. The Balaban J connectivity index is 2.04. The highest BCUT2D eigenvalue weighted by Crippen LogP contribution is 2.36. The Kier molecular flexibility index (Phi) is 7.58. The van der Waals surface area contributed by atoms with Crippen LogP contribution in [0.15, 0.2) is 54.1 Å². The van der Waals surface area contributed by atoms with Gasteiger partial charge in [-0.15, -0.1) is 0 Å². The number of hydrogen-bond acceptors (Lipinski definition) is 5. The first kappa shape index (κ1) is 23.0. The molecule has 0 radical (unpaired) electrons. The molecule has 1 N–H and O–H groups in total. The predicted molar refractivity (Wildman–Crippen MR) is 127 cm³/mol. The van der Waals surface area contributed by atoms with Gasteiger partial charge in [-0.05, 0) is 29.3 Å². The van der Waals surface area contributed by atoms with Crippen molar-refractivity contribution in [1.29, 1.82) is 5.26 Å². The molecular formula is C25H23ClN2O4. The molecule has 3 aromatic rings.